The second kappa shape index (κ2) is 7.56. The number of rotatable bonds is 7. The molecule has 0 bridgehead atoms. The van der Waals surface area contributed by atoms with Crippen molar-refractivity contribution in [3.8, 4) is 0 Å². The van der Waals surface area contributed by atoms with Gasteiger partial charge in [-0.2, -0.15) is 11.8 Å². The highest BCUT2D eigenvalue weighted by molar-refractivity contribution is 7.98. The predicted molar refractivity (Wildman–Crippen MR) is 77.7 cm³/mol. The fourth-order valence-electron chi connectivity index (χ4n) is 1.63. The lowest BCUT2D eigenvalue weighted by Gasteiger charge is -2.24. The zero-order chi connectivity index (χ0) is 12.7. The molecule has 1 unspecified atom stereocenters. The molecule has 17 heavy (non-hydrogen) atoms. The van der Waals surface area contributed by atoms with Crippen LogP contribution in [-0.4, -0.2) is 42.0 Å². The predicted octanol–water partition coefficient (Wildman–Crippen LogP) is 2.70. The lowest BCUT2D eigenvalue weighted by atomic mass is 10.2. The molecule has 1 atom stereocenters. The van der Waals surface area contributed by atoms with Gasteiger partial charge in [-0.15, -0.1) is 0 Å². The molecule has 1 aromatic rings. The summed E-state index contributed by atoms with van der Waals surface area (Å²) < 4.78 is 0. The molecule has 0 aliphatic carbocycles. The third-order valence-electron chi connectivity index (χ3n) is 2.97. The largest absolute Gasteiger partial charge is 0.373 e. The third kappa shape index (κ3) is 4.96. The van der Waals surface area contributed by atoms with Crippen LogP contribution in [0.15, 0.2) is 18.2 Å². The lowest BCUT2D eigenvalue weighted by Crippen LogP contribution is -2.29. The van der Waals surface area contributed by atoms with Gasteiger partial charge in [0.05, 0.1) is 5.69 Å². The second-order valence-electron chi connectivity index (χ2n) is 4.31. The number of thioether (sulfide) groups is 1. The van der Waals surface area contributed by atoms with E-state index in [2.05, 4.69) is 47.6 Å². The first-order valence-corrected chi connectivity index (χ1v) is 7.39. The molecule has 1 rings (SSSR count). The number of hydrogen-bond acceptors (Lipinski definition) is 4. The molecule has 3 nitrogen and oxygen atoms in total. The van der Waals surface area contributed by atoms with Gasteiger partial charge in [0, 0.05) is 19.6 Å². The minimum absolute atomic E-state index is 0.600. The van der Waals surface area contributed by atoms with E-state index in [1.807, 2.05) is 24.9 Å². The average molecular weight is 253 g/mol. The molecule has 0 aliphatic heterocycles. The lowest BCUT2D eigenvalue weighted by molar-refractivity contribution is 0.242. The highest BCUT2D eigenvalue weighted by atomic mass is 32.2. The number of pyridine rings is 1. The van der Waals surface area contributed by atoms with Gasteiger partial charge in [0.15, 0.2) is 0 Å². The van der Waals surface area contributed by atoms with Gasteiger partial charge in [-0.1, -0.05) is 6.07 Å². The van der Waals surface area contributed by atoms with Gasteiger partial charge in [-0.05, 0) is 44.5 Å². The van der Waals surface area contributed by atoms with Crippen molar-refractivity contribution in [2.24, 2.45) is 0 Å². The molecule has 1 N–H and O–H groups in total. The molecule has 0 amide bonds. The summed E-state index contributed by atoms with van der Waals surface area (Å²) in [6.45, 7) is 3.18. The summed E-state index contributed by atoms with van der Waals surface area (Å²) in [7, 11) is 4.07. The number of aromatic nitrogens is 1. The Hall–Kier alpha value is -0.740. The van der Waals surface area contributed by atoms with E-state index in [-0.39, 0.29) is 0 Å². The maximum absolute atomic E-state index is 4.54. The van der Waals surface area contributed by atoms with Crippen molar-refractivity contribution in [3.05, 3.63) is 23.9 Å². The molecule has 0 fully saturated rings. The molecule has 1 aromatic heterocycles. The minimum Gasteiger partial charge on any atom is -0.373 e. The number of anilines is 1. The first-order valence-electron chi connectivity index (χ1n) is 6.00. The Morgan fingerprint density at radius 3 is 2.88 bits per heavy atom. The van der Waals surface area contributed by atoms with E-state index < -0.39 is 0 Å². The van der Waals surface area contributed by atoms with Gasteiger partial charge >= 0.3 is 0 Å². The van der Waals surface area contributed by atoms with Gasteiger partial charge in [-0.3, -0.25) is 4.90 Å². The quantitative estimate of drug-likeness (QED) is 0.809. The van der Waals surface area contributed by atoms with E-state index >= 15 is 0 Å². The van der Waals surface area contributed by atoms with Crippen LogP contribution in [0.1, 0.15) is 19.0 Å². The van der Waals surface area contributed by atoms with Crippen molar-refractivity contribution in [2.45, 2.75) is 25.9 Å². The van der Waals surface area contributed by atoms with E-state index in [0.717, 1.165) is 18.1 Å². The maximum atomic E-state index is 4.54. The summed E-state index contributed by atoms with van der Waals surface area (Å²) in [5.74, 6) is 2.16. The average Bonchev–Trinajstić information content (AvgIpc) is 2.36. The Kier molecular flexibility index (Phi) is 6.37. The van der Waals surface area contributed by atoms with Crippen molar-refractivity contribution in [1.29, 1.82) is 0 Å². The molecular weight excluding hydrogens is 230 g/mol. The van der Waals surface area contributed by atoms with Gasteiger partial charge < -0.3 is 5.32 Å². The van der Waals surface area contributed by atoms with Crippen LogP contribution < -0.4 is 5.32 Å². The molecule has 0 aliphatic rings. The maximum Gasteiger partial charge on any atom is 0.126 e. The molecule has 0 radical (unpaired) electrons. The Bertz CT molecular complexity index is 330. The summed E-state index contributed by atoms with van der Waals surface area (Å²) >= 11 is 1.91. The second-order valence-corrected chi connectivity index (χ2v) is 5.30. The van der Waals surface area contributed by atoms with E-state index in [9.17, 15) is 0 Å². The number of hydrogen-bond donors (Lipinski definition) is 1. The molecule has 0 spiro atoms. The van der Waals surface area contributed by atoms with Gasteiger partial charge in [0.1, 0.15) is 5.82 Å². The minimum atomic E-state index is 0.600. The van der Waals surface area contributed by atoms with Crippen molar-refractivity contribution < 1.29 is 0 Å². The number of nitrogens with one attached hydrogen (secondary N) is 1. The Morgan fingerprint density at radius 2 is 2.24 bits per heavy atom. The van der Waals surface area contributed by atoms with Crippen LogP contribution in [0.25, 0.3) is 0 Å². The normalized spacial score (nSPS) is 12.8. The van der Waals surface area contributed by atoms with Gasteiger partial charge in [0.2, 0.25) is 0 Å². The topological polar surface area (TPSA) is 28.2 Å². The Labute approximate surface area is 109 Å². The zero-order valence-electron chi connectivity index (χ0n) is 11.2. The van der Waals surface area contributed by atoms with Crippen LogP contribution in [0.5, 0.6) is 0 Å². The summed E-state index contributed by atoms with van der Waals surface area (Å²) in [5.41, 5.74) is 1.12. The highest BCUT2D eigenvalue weighted by Gasteiger charge is 2.09. The fraction of sp³-hybridized carbons (Fsp3) is 0.615. The molecule has 0 saturated carbocycles. The molecule has 0 saturated heterocycles. The SMILES string of the molecule is CNc1cccc(CN(C)C(C)CCSC)n1. The molecule has 4 heteroatoms. The van der Waals surface area contributed by atoms with E-state index in [1.54, 1.807) is 0 Å². The standard InChI is InChI=1S/C13H23N3S/c1-11(8-9-17-4)16(3)10-12-6-5-7-13(14-2)15-12/h5-7,11H,8-10H2,1-4H3,(H,14,15). The van der Waals surface area contributed by atoms with Gasteiger partial charge in [-0.25, -0.2) is 4.98 Å². The van der Waals surface area contributed by atoms with Crippen molar-refractivity contribution in [2.75, 3.05) is 31.4 Å². The smallest absolute Gasteiger partial charge is 0.126 e. The molecule has 1 heterocycles. The Morgan fingerprint density at radius 1 is 1.47 bits per heavy atom. The highest BCUT2D eigenvalue weighted by Crippen LogP contribution is 2.11. The van der Waals surface area contributed by atoms with Crippen LogP contribution >= 0.6 is 11.8 Å². The van der Waals surface area contributed by atoms with Gasteiger partial charge in [0.25, 0.3) is 0 Å². The van der Waals surface area contributed by atoms with E-state index in [4.69, 9.17) is 0 Å². The summed E-state index contributed by atoms with van der Waals surface area (Å²) in [4.78, 5) is 6.90. The van der Waals surface area contributed by atoms with E-state index in [0.29, 0.717) is 6.04 Å². The molecular formula is C13H23N3S. The van der Waals surface area contributed by atoms with Crippen molar-refractivity contribution in [1.82, 2.24) is 9.88 Å². The third-order valence-corrected chi connectivity index (χ3v) is 3.61. The monoisotopic (exact) mass is 253 g/mol. The first kappa shape index (κ1) is 14.3. The fourth-order valence-corrected chi connectivity index (χ4v) is 2.20. The summed E-state index contributed by atoms with van der Waals surface area (Å²) in [6.07, 6.45) is 3.38. The van der Waals surface area contributed by atoms with Crippen molar-refractivity contribution >= 4 is 17.6 Å². The van der Waals surface area contributed by atoms with Crippen molar-refractivity contribution in [3.63, 3.8) is 0 Å². The molecule has 96 valence electrons. The van der Waals surface area contributed by atoms with Crippen LogP contribution in [0, 0.1) is 0 Å². The number of nitrogens with zero attached hydrogens (tertiary/aromatic N) is 2. The summed E-state index contributed by atoms with van der Waals surface area (Å²) in [5, 5.41) is 3.07. The zero-order valence-corrected chi connectivity index (χ0v) is 12.0. The van der Waals surface area contributed by atoms with Crippen LogP contribution in [0.2, 0.25) is 0 Å². The summed E-state index contributed by atoms with van der Waals surface area (Å²) in [6, 6.07) is 6.72. The molecule has 0 aromatic carbocycles. The van der Waals surface area contributed by atoms with Crippen LogP contribution in [-0.2, 0) is 6.54 Å². The van der Waals surface area contributed by atoms with Crippen LogP contribution in [0.3, 0.4) is 0 Å². The first-order chi connectivity index (χ1) is 8.17. The Balaban J connectivity index is 2.51. The van der Waals surface area contributed by atoms with E-state index in [1.165, 1.54) is 12.2 Å². The van der Waals surface area contributed by atoms with Crippen LogP contribution in [0.4, 0.5) is 5.82 Å².